The van der Waals surface area contributed by atoms with Gasteiger partial charge in [-0.15, -0.1) is 0 Å². The lowest BCUT2D eigenvalue weighted by Gasteiger charge is -2.10. The Balaban J connectivity index is 1.88. The van der Waals surface area contributed by atoms with Crippen molar-refractivity contribution in [2.45, 2.75) is 6.92 Å². The summed E-state index contributed by atoms with van der Waals surface area (Å²) in [7, 11) is 0. The lowest BCUT2D eigenvalue weighted by atomic mass is 10.2. The largest absolute Gasteiger partial charge is 0.353 e. The maximum Gasteiger partial charge on any atom is 0.353 e. The number of hydrogen-bond donors (Lipinski definition) is 3. The molecule has 0 saturated heterocycles. The van der Waals surface area contributed by atoms with Crippen LogP contribution in [0.3, 0.4) is 0 Å². The number of rotatable bonds is 6. The number of nitrogens with zero attached hydrogens (tertiary/aromatic N) is 4. The number of carbonyl (C=O) groups excluding carboxylic acids is 1. The molecule has 27 heavy (non-hydrogen) atoms. The van der Waals surface area contributed by atoms with E-state index in [0.717, 1.165) is 0 Å². The van der Waals surface area contributed by atoms with Gasteiger partial charge < -0.3 is 16.0 Å². The molecule has 0 aliphatic carbocycles. The highest BCUT2D eigenvalue weighted by molar-refractivity contribution is 5.89. The SMILES string of the molecule is CC(=O)Nc1ccc(Nc2ncnc(Nc3ccccn3)c2[N+](=O)[O-])cc1. The molecule has 0 spiro atoms. The van der Waals surface area contributed by atoms with Gasteiger partial charge in [-0.3, -0.25) is 14.9 Å². The molecule has 10 nitrogen and oxygen atoms in total. The number of amides is 1. The maximum absolute atomic E-state index is 11.6. The van der Waals surface area contributed by atoms with E-state index in [1.807, 2.05) is 0 Å². The van der Waals surface area contributed by atoms with E-state index in [1.54, 1.807) is 48.7 Å². The lowest BCUT2D eigenvalue weighted by molar-refractivity contribution is -0.383. The molecule has 3 rings (SSSR count). The summed E-state index contributed by atoms with van der Waals surface area (Å²) in [5.41, 5.74) is 0.867. The van der Waals surface area contributed by atoms with E-state index in [0.29, 0.717) is 17.2 Å². The quantitative estimate of drug-likeness (QED) is 0.447. The first-order valence-electron chi connectivity index (χ1n) is 7.85. The summed E-state index contributed by atoms with van der Waals surface area (Å²) in [6, 6.07) is 11.8. The summed E-state index contributed by atoms with van der Waals surface area (Å²) >= 11 is 0. The van der Waals surface area contributed by atoms with E-state index in [-0.39, 0.29) is 23.2 Å². The molecular weight excluding hydrogens is 350 g/mol. The Kier molecular flexibility index (Phi) is 5.17. The monoisotopic (exact) mass is 365 g/mol. The lowest BCUT2D eigenvalue weighted by Crippen LogP contribution is -2.07. The van der Waals surface area contributed by atoms with E-state index in [2.05, 4.69) is 30.9 Å². The van der Waals surface area contributed by atoms with Gasteiger partial charge in [-0.1, -0.05) is 6.07 Å². The molecule has 1 aromatic carbocycles. The van der Waals surface area contributed by atoms with E-state index in [9.17, 15) is 14.9 Å². The van der Waals surface area contributed by atoms with Crippen LogP contribution in [0, 0.1) is 10.1 Å². The van der Waals surface area contributed by atoms with Crippen LogP contribution in [-0.2, 0) is 4.79 Å². The zero-order chi connectivity index (χ0) is 19.2. The van der Waals surface area contributed by atoms with Gasteiger partial charge in [-0.2, -0.15) is 0 Å². The Labute approximate surface area is 153 Å². The molecule has 0 aliphatic heterocycles. The van der Waals surface area contributed by atoms with Gasteiger partial charge in [0.05, 0.1) is 4.92 Å². The number of benzene rings is 1. The first-order chi connectivity index (χ1) is 13.0. The number of anilines is 5. The van der Waals surface area contributed by atoms with Gasteiger partial charge in [0.15, 0.2) is 0 Å². The second kappa shape index (κ2) is 7.87. The van der Waals surface area contributed by atoms with Crippen molar-refractivity contribution in [2.24, 2.45) is 0 Å². The van der Waals surface area contributed by atoms with Crippen molar-refractivity contribution in [3.8, 4) is 0 Å². The molecule has 2 heterocycles. The highest BCUT2D eigenvalue weighted by atomic mass is 16.6. The van der Waals surface area contributed by atoms with Crippen molar-refractivity contribution < 1.29 is 9.72 Å². The molecule has 0 unspecified atom stereocenters. The average Bonchev–Trinajstić information content (AvgIpc) is 2.64. The van der Waals surface area contributed by atoms with Crippen molar-refractivity contribution in [3.05, 3.63) is 65.1 Å². The van der Waals surface area contributed by atoms with Crippen LogP contribution in [-0.4, -0.2) is 25.8 Å². The van der Waals surface area contributed by atoms with Gasteiger partial charge in [-0.05, 0) is 36.4 Å². The second-order valence-electron chi connectivity index (χ2n) is 5.40. The molecule has 0 aliphatic rings. The highest BCUT2D eigenvalue weighted by Crippen LogP contribution is 2.32. The third-order valence-electron chi connectivity index (χ3n) is 3.38. The standard InChI is InChI=1S/C17H15N7O3/c1-11(25)21-12-5-7-13(8-6-12)22-16-15(24(26)27)17(20-10-19-16)23-14-4-2-3-9-18-14/h2-10H,1H3,(H,21,25)(H2,18,19,20,22,23). The molecule has 2 aromatic heterocycles. The molecule has 0 bridgehead atoms. The summed E-state index contributed by atoms with van der Waals surface area (Å²) in [5, 5.41) is 19.9. The van der Waals surface area contributed by atoms with Gasteiger partial charge in [0.2, 0.25) is 17.5 Å². The van der Waals surface area contributed by atoms with Gasteiger partial charge in [0, 0.05) is 24.5 Å². The smallest absolute Gasteiger partial charge is 0.334 e. The van der Waals surface area contributed by atoms with Gasteiger partial charge in [-0.25, -0.2) is 15.0 Å². The molecule has 3 N–H and O–H groups in total. The van der Waals surface area contributed by atoms with E-state index < -0.39 is 4.92 Å². The average molecular weight is 365 g/mol. The zero-order valence-corrected chi connectivity index (χ0v) is 14.2. The van der Waals surface area contributed by atoms with Crippen molar-refractivity contribution >= 4 is 40.4 Å². The Morgan fingerprint density at radius 2 is 1.63 bits per heavy atom. The van der Waals surface area contributed by atoms with Gasteiger partial charge >= 0.3 is 5.69 Å². The number of aromatic nitrogens is 3. The fourth-order valence-electron chi connectivity index (χ4n) is 2.27. The Morgan fingerprint density at radius 1 is 0.963 bits per heavy atom. The van der Waals surface area contributed by atoms with Crippen molar-refractivity contribution in [3.63, 3.8) is 0 Å². The van der Waals surface area contributed by atoms with E-state index in [1.165, 1.54) is 13.3 Å². The van der Waals surface area contributed by atoms with Gasteiger partial charge in [0.25, 0.3) is 0 Å². The Bertz CT molecular complexity index is 962. The number of nitro groups is 1. The summed E-state index contributed by atoms with van der Waals surface area (Å²) in [6.45, 7) is 1.41. The fraction of sp³-hybridized carbons (Fsp3) is 0.0588. The fourth-order valence-corrected chi connectivity index (χ4v) is 2.27. The molecule has 0 fully saturated rings. The molecular formula is C17H15N7O3. The minimum atomic E-state index is -0.570. The Morgan fingerprint density at radius 3 is 2.22 bits per heavy atom. The minimum absolute atomic E-state index is 0.0195. The van der Waals surface area contributed by atoms with Crippen molar-refractivity contribution in [2.75, 3.05) is 16.0 Å². The van der Waals surface area contributed by atoms with Crippen LogP contribution in [0.25, 0.3) is 0 Å². The van der Waals surface area contributed by atoms with Crippen molar-refractivity contribution in [1.82, 2.24) is 15.0 Å². The summed E-state index contributed by atoms with van der Waals surface area (Å²) in [4.78, 5) is 34.1. The van der Waals surface area contributed by atoms with Crippen LogP contribution >= 0.6 is 0 Å². The molecule has 10 heteroatoms. The Hall–Kier alpha value is -4.08. The first kappa shape index (κ1) is 17.7. The molecule has 0 saturated carbocycles. The van der Waals surface area contributed by atoms with Crippen LogP contribution in [0.1, 0.15) is 6.92 Å². The highest BCUT2D eigenvalue weighted by Gasteiger charge is 2.23. The summed E-state index contributed by atoms with van der Waals surface area (Å²) in [5.74, 6) is 0.282. The normalized spacial score (nSPS) is 10.1. The van der Waals surface area contributed by atoms with Crippen LogP contribution in [0.2, 0.25) is 0 Å². The topological polar surface area (TPSA) is 135 Å². The number of pyridine rings is 1. The van der Waals surface area contributed by atoms with Crippen LogP contribution < -0.4 is 16.0 Å². The predicted molar refractivity (Wildman–Crippen MR) is 100 cm³/mol. The predicted octanol–water partition coefficient (Wildman–Crippen LogP) is 3.23. The van der Waals surface area contributed by atoms with E-state index in [4.69, 9.17) is 0 Å². The minimum Gasteiger partial charge on any atom is -0.334 e. The summed E-state index contributed by atoms with van der Waals surface area (Å²) in [6.07, 6.45) is 2.78. The third kappa shape index (κ3) is 4.51. The van der Waals surface area contributed by atoms with Crippen molar-refractivity contribution in [1.29, 1.82) is 0 Å². The number of hydrogen-bond acceptors (Lipinski definition) is 8. The van der Waals surface area contributed by atoms with E-state index >= 15 is 0 Å². The first-order valence-corrected chi connectivity index (χ1v) is 7.85. The van der Waals surface area contributed by atoms with Gasteiger partial charge in [0.1, 0.15) is 12.1 Å². The van der Waals surface area contributed by atoms with Crippen LogP contribution in [0.15, 0.2) is 55.0 Å². The number of nitrogens with one attached hydrogen (secondary N) is 3. The second-order valence-corrected chi connectivity index (χ2v) is 5.40. The van der Waals surface area contributed by atoms with Crippen LogP contribution in [0.5, 0.6) is 0 Å². The molecule has 136 valence electrons. The molecule has 3 aromatic rings. The maximum atomic E-state index is 11.6. The van der Waals surface area contributed by atoms with Crippen LogP contribution in [0.4, 0.5) is 34.5 Å². The molecule has 1 amide bonds. The third-order valence-corrected chi connectivity index (χ3v) is 3.38. The molecule has 0 atom stereocenters. The number of carbonyl (C=O) groups is 1. The zero-order valence-electron chi connectivity index (χ0n) is 14.2. The molecule has 0 radical (unpaired) electrons. The summed E-state index contributed by atoms with van der Waals surface area (Å²) < 4.78 is 0.